The van der Waals surface area contributed by atoms with Crippen molar-refractivity contribution in [2.75, 3.05) is 19.4 Å². The van der Waals surface area contributed by atoms with Crippen LogP contribution in [0.3, 0.4) is 0 Å². The van der Waals surface area contributed by atoms with Gasteiger partial charge in [0.25, 0.3) is 5.91 Å². The van der Waals surface area contributed by atoms with Gasteiger partial charge in [-0.05, 0) is 52.9 Å². The van der Waals surface area contributed by atoms with E-state index < -0.39 is 21.7 Å². The first-order valence-electron chi connectivity index (χ1n) is 6.51. The van der Waals surface area contributed by atoms with Gasteiger partial charge in [0.2, 0.25) is 10.0 Å². The molecule has 0 unspecified atom stereocenters. The number of halogens is 2. The predicted molar refractivity (Wildman–Crippen MR) is 94.4 cm³/mol. The lowest BCUT2D eigenvalue weighted by atomic mass is 10.2. The lowest BCUT2D eigenvalue weighted by molar-refractivity contribution is 0.102. The molecule has 0 atom stereocenters. The van der Waals surface area contributed by atoms with Crippen LogP contribution in [0.15, 0.2) is 47.4 Å². The Hall–Kier alpha value is -1.52. The summed E-state index contributed by atoms with van der Waals surface area (Å²) in [6.07, 6.45) is 0. The first-order valence-corrected chi connectivity index (χ1v) is 9.03. The largest absolute Gasteiger partial charge is 0.321 e. The maximum absolute atomic E-state index is 13.1. The lowest BCUT2D eigenvalue weighted by Gasteiger charge is -2.16. The number of rotatable bonds is 4. The molecule has 122 valence electrons. The average molecular weight is 448 g/mol. The van der Waals surface area contributed by atoms with Crippen LogP contribution < -0.4 is 5.32 Å². The summed E-state index contributed by atoms with van der Waals surface area (Å²) in [5.41, 5.74) is 0.440. The zero-order chi connectivity index (χ0) is 17.2. The van der Waals surface area contributed by atoms with Crippen molar-refractivity contribution in [1.82, 2.24) is 4.31 Å². The van der Waals surface area contributed by atoms with Crippen LogP contribution in [0.2, 0.25) is 0 Å². The summed E-state index contributed by atoms with van der Waals surface area (Å²) >= 11 is 1.85. The zero-order valence-electron chi connectivity index (χ0n) is 12.4. The molecule has 0 aromatic heterocycles. The second kappa shape index (κ2) is 6.93. The van der Waals surface area contributed by atoms with Crippen LogP contribution in [0.4, 0.5) is 10.1 Å². The van der Waals surface area contributed by atoms with Crippen LogP contribution in [-0.4, -0.2) is 32.7 Å². The van der Waals surface area contributed by atoms with Crippen molar-refractivity contribution in [3.05, 3.63) is 57.4 Å². The predicted octanol–water partition coefficient (Wildman–Crippen LogP) is 2.93. The number of amides is 1. The summed E-state index contributed by atoms with van der Waals surface area (Å²) in [5.74, 6) is -0.947. The number of hydrogen-bond acceptors (Lipinski definition) is 3. The molecule has 1 N–H and O–H groups in total. The van der Waals surface area contributed by atoms with Crippen molar-refractivity contribution in [3.8, 4) is 0 Å². The van der Waals surface area contributed by atoms with Gasteiger partial charge in [0.05, 0.1) is 11.3 Å². The molecule has 0 bridgehead atoms. The summed E-state index contributed by atoms with van der Waals surface area (Å²) in [6, 6.07) is 9.89. The molecule has 0 aliphatic carbocycles. The number of benzene rings is 2. The van der Waals surface area contributed by atoms with Gasteiger partial charge in [0.15, 0.2) is 0 Å². The monoisotopic (exact) mass is 448 g/mol. The highest BCUT2D eigenvalue weighted by atomic mass is 127. The highest BCUT2D eigenvalue weighted by molar-refractivity contribution is 14.1. The van der Waals surface area contributed by atoms with E-state index in [4.69, 9.17) is 0 Å². The van der Waals surface area contributed by atoms with E-state index in [-0.39, 0.29) is 16.1 Å². The van der Waals surface area contributed by atoms with Crippen molar-refractivity contribution in [3.63, 3.8) is 0 Å². The van der Waals surface area contributed by atoms with Gasteiger partial charge in [0.1, 0.15) is 10.7 Å². The Balaban J connectivity index is 2.40. The van der Waals surface area contributed by atoms with Crippen LogP contribution in [-0.2, 0) is 10.0 Å². The van der Waals surface area contributed by atoms with E-state index in [1.54, 1.807) is 12.1 Å². The summed E-state index contributed by atoms with van der Waals surface area (Å²) < 4.78 is 39.2. The van der Waals surface area contributed by atoms with Gasteiger partial charge >= 0.3 is 0 Å². The number of nitrogens with one attached hydrogen (secondary N) is 1. The lowest BCUT2D eigenvalue weighted by Crippen LogP contribution is -2.24. The van der Waals surface area contributed by atoms with Gasteiger partial charge in [-0.1, -0.05) is 12.1 Å². The van der Waals surface area contributed by atoms with Gasteiger partial charge in [0, 0.05) is 17.7 Å². The van der Waals surface area contributed by atoms with Gasteiger partial charge in [-0.3, -0.25) is 4.79 Å². The maximum Gasteiger partial charge on any atom is 0.256 e. The topological polar surface area (TPSA) is 66.5 Å². The molecule has 2 aromatic carbocycles. The average Bonchev–Trinajstić information content (AvgIpc) is 2.47. The summed E-state index contributed by atoms with van der Waals surface area (Å²) in [4.78, 5) is 12.3. The number of sulfonamides is 1. The number of carbonyl (C=O) groups excluding carboxylic acids is 1. The molecule has 0 saturated carbocycles. The van der Waals surface area contributed by atoms with E-state index in [9.17, 15) is 17.6 Å². The number of carbonyl (C=O) groups is 1. The Bertz CT molecular complexity index is 854. The second-order valence-electron chi connectivity index (χ2n) is 4.86. The van der Waals surface area contributed by atoms with Crippen LogP contribution in [0.1, 0.15) is 10.4 Å². The van der Waals surface area contributed by atoms with Crippen molar-refractivity contribution in [2.24, 2.45) is 0 Å². The number of para-hydroxylation sites is 1. The fraction of sp³-hybridized carbons (Fsp3) is 0.133. The van der Waals surface area contributed by atoms with Crippen molar-refractivity contribution >= 4 is 44.2 Å². The molecule has 2 rings (SSSR count). The quantitative estimate of drug-likeness (QED) is 0.732. The van der Waals surface area contributed by atoms with Crippen LogP contribution in [0, 0.1) is 9.39 Å². The summed E-state index contributed by atoms with van der Waals surface area (Å²) in [7, 11) is -0.868. The van der Waals surface area contributed by atoms with E-state index in [1.165, 1.54) is 44.4 Å². The summed E-state index contributed by atoms with van der Waals surface area (Å²) in [6.45, 7) is 0. The number of anilines is 1. The van der Waals surface area contributed by atoms with Crippen molar-refractivity contribution in [1.29, 1.82) is 0 Å². The van der Waals surface area contributed by atoms with Crippen molar-refractivity contribution in [2.45, 2.75) is 4.90 Å². The minimum absolute atomic E-state index is 0.00419. The Morgan fingerprint density at radius 3 is 2.43 bits per heavy atom. The first kappa shape index (κ1) is 17.8. The molecule has 0 spiro atoms. The molecule has 2 aromatic rings. The Kier molecular flexibility index (Phi) is 5.37. The normalized spacial score (nSPS) is 11.5. The van der Waals surface area contributed by atoms with E-state index in [1.807, 2.05) is 22.6 Å². The molecule has 0 aliphatic rings. The third-order valence-corrected chi connectivity index (χ3v) is 5.84. The molecule has 0 fully saturated rings. The fourth-order valence-corrected chi connectivity index (χ4v) is 3.62. The van der Waals surface area contributed by atoms with Crippen LogP contribution >= 0.6 is 22.6 Å². The highest BCUT2D eigenvalue weighted by Gasteiger charge is 2.22. The van der Waals surface area contributed by atoms with E-state index in [0.717, 1.165) is 4.31 Å². The zero-order valence-corrected chi connectivity index (χ0v) is 15.4. The minimum Gasteiger partial charge on any atom is -0.321 e. The van der Waals surface area contributed by atoms with Gasteiger partial charge in [-0.25, -0.2) is 17.1 Å². The molecule has 5 nitrogen and oxygen atoms in total. The van der Waals surface area contributed by atoms with Crippen LogP contribution in [0.25, 0.3) is 0 Å². The third-order valence-electron chi connectivity index (χ3n) is 3.07. The van der Waals surface area contributed by atoms with Gasteiger partial charge < -0.3 is 5.32 Å². The Morgan fingerprint density at radius 2 is 1.83 bits per heavy atom. The van der Waals surface area contributed by atoms with Gasteiger partial charge in [-0.2, -0.15) is 0 Å². The van der Waals surface area contributed by atoms with E-state index in [2.05, 4.69) is 5.32 Å². The summed E-state index contributed by atoms with van der Waals surface area (Å²) in [5, 5.41) is 2.58. The van der Waals surface area contributed by atoms with E-state index in [0.29, 0.717) is 3.57 Å². The first-order chi connectivity index (χ1) is 10.7. The molecular formula is C15H14FIN2O3S. The molecule has 0 radical (unpaired) electrons. The molecular weight excluding hydrogens is 434 g/mol. The smallest absolute Gasteiger partial charge is 0.256 e. The SMILES string of the molecule is CN(C)S(=O)(=O)c1ccccc1NC(=O)c1ccc(F)cc1I. The maximum atomic E-state index is 13.1. The Labute approximate surface area is 147 Å². The molecule has 8 heteroatoms. The third kappa shape index (κ3) is 3.88. The molecule has 1 amide bonds. The minimum atomic E-state index is -3.70. The number of hydrogen-bond donors (Lipinski definition) is 1. The second-order valence-corrected chi connectivity index (χ2v) is 8.14. The van der Waals surface area contributed by atoms with Gasteiger partial charge in [-0.15, -0.1) is 0 Å². The van der Waals surface area contributed by atoms with E-state index >= 15 is 0 Å². The van der Waals surface area contributed by atoms with Crippen molar-refractivity contribution < 1.29 is 17.6 Å². The fourth-order valence-electron chi connectivity index (χ4n) is 1.85. The number of nitrogens with zero attached hydrogens (tertiary/aromatic N) is 1. The Morgan fingerprint density at radius 1 is 1.17 bits per heavy atom. The highest BCUT2D eigenvalue weighted by Crippen LogP contribution is 2.24. The molecule has 0 heterocycles. The van der Waals surface area contributed by atoms with Crippen LogP contribution in [0.5, 0.6) is 0 Å². The molecule has 0 saturated heterocycles. The molecule has 0 aliphatic heterocycles. The standard InChI is InChI=1S/C15H14FIN2O3S/c1-19(2)23(21,22)14-6-4-3-5-13(14)18-15(20)11-8-7-10(16)9-12(11)17/h3-9H,1-2H3,(H,18,20). The molecule has 23 heavy (non-hydrogen) atoms.